The lowest BCUT2D eigenvalue weighted by Gasteiger charge is -2.44. The van der Waals surface area contributed by atoms with Gasteiger partial charge in [-0.1, -0.05) is 29.8 Å². The molecule has 1 heterocycles. The van der Waals surface area contributed by atoms with Crippen LogP contribution in [0.5, 0.6) is 11.5 Å². The van der Waals surface area contributed by atoms with E-state index in [1.165, 1.54) is 0 Å². The van der Waals surface area contributed by atoms with Crippen molar-refractivity contribution in [3.63, 3.8) is 0 Å². The minimum atomic E-state index is -0.902. The first kappa shape index (κ1) is 27.0. The lowest BCUT2D eigenvalue weighted by Crippen LogP contribution is -2.39. The average molecular weight is 550 g/mol. The van der Waals surface area contributed by atoms with Gasteiger partial charge in [0.15, 0.2) is 23.1 Å². The second kappa shape index (κ2) is 11.7. The molecule has 7 nitrogen and oxygen atoms in total. The Kier molecular flexibility index (Phi) is 8.07. The lowest BCUT2D eigenvalue weighted by molar-refractivity contribution is -0.137. The summed E-state index contributed by atoms with van der Waals surface area (Å²) in [5.41, 5.74) is 4.75. The number of aliphatic carboxylic acids is 1. The molecule has 1 aliphatic heterocycles. The van der Waals surface area contributed by atoms with Gasteiger partial charge in [-0.25, -0.2) is 0 Å². The fourth-order valence-corrected chi connectivity index (χ4v) is 5.99. The number of hydrogen-bond donors (Lipinski definition) is 1. The molecule has 2 aromatic carbocycles. The van der Waals surface area contributed by atoms with Crippen molar-refractivity contribution >= 4 is 29.1 Å². The number of carbonyl (C=O) groups excluding carboxylic acids is 2. The Labute approximate surface area is 233 Å². The molecule has 2 aliphatic carbocycles. The Morgan fingerprint density at radius 2 is 1.56 bits per heavy atom. The molecule has 0 bridgehead atoms. The molecule has 3 aliphatic rings. The monoisotopic (exact) mass is 549 g/mol. The first-order chi connectivity index (χ1) is 18.9. The Bertz CT molecular complexity index is 1320. The minimum absolute atomic E-state index is 0.0209. The van der Waals surface area contributed by atoms with Gasteiger partial charge in [-0.3, -0.25) is 14.4 Å². The van der Waals surface area contributed by atoms with E-state index in [0.29, 0.717) is 79.4 Å². The quantitative estimate of drug-likeness (QED) is 0.397. The molecule has 0 spiro atoms. The smallest absolute Gasteiger partial charge is 0.305 e. The van der Waals surface area contributed by atoms with Crippen molar-refractivity contribution in [2.45, 2.75) is 64.4 Å². The standard InChI is InChI=1S/C31H32ClNO6/c1-2-38-27-17-20(11-14-26(27)39-18-19-9-12-21(32)13-10-19)29-30-22(5-3-7-24(30)34)33(16-15-28(36)37)23-6-4-8-25(35)31(23)29/h9-14,17,29H,2-8,15-16,18H2,1H3,(H,36,37). The third-order valence-corrected chi connectivity index (χ3v) is 7.80. The maximum absolute atomic E-state index is 13.4. The summed E-state index contributed by atoms with van der Waals surface area (Å²) in [6.07, 6.45) is 3.57. The molecule has 0 atom stereocenters. The largest absolute Gasteiger partial charge is 0.490 e. The fraction of sp³-hybridized carbons (Fsp3) is 0.387. The molecule has 0 aromatic heterocycles. The summed E-state index contributed by atoms with van der Waals surface area (Å²) >= 11 is 6.00. The number of benzene rings is 2. The number of allylic oxidation sites excluding steroid dienone is 4. The van der Waals surface area contributed by atoms with Gasteiger partial charge in [0.25, 0.3) is 0 Å². The second-order valence-electron chi connectivity index (χ2n) is 10.1. The van der Waals surface area contributed by atoms with Crippen LogP contribution < -0.4 is 9.47 Å². The van der Waals surface area contributed by atoms with Gasteiger partial charge in [0.2, 0.25) is 0 Å². The predicted molar refractivity (Wildman–Crippen MR) is 147 cm³/mol. The summed E-state index contributed by atoms with van der Waals surface area (Å²) in [6.45, 7) is 2.91. The van der Waals surface area contributed by atoms with Crippen molar-refractivity contribution in [3.8, 4) is 11.5 Å². The molecule has 0 unspecified atom stereocenters. The molecule has 204 valence electrons. The molecule has 2 aromatic rings. The van der Waals surface area contributed by atoms with Crippen LogP contribution in [-0.2, 0) is 21.0 Å². The zero-order valence-corrected chi connectivity index (χ0v) is 22.8. The van der Waals surface area contributed by atoms with Crippen LogP contribution in [0, 0.1) is 0 Å². The number of carboxylic acid groups (broad SMARTS) is 1. The van der Waals surface area contributed by atoms with E-state index < -0.39 is 11.9 Å². The van der Waals surface area contributed by atoms with E-state index in [1.807, 2.05) is 54.3 Å². The Balaban J connectivity index is 1.56. The van der Waals surface area contributed by atoms with Gasteiger partial charge in [-0.05, 0) is 68.0 Å². The van der Waals surface area contributed by atoms with Crippen molar-refractivity contribution < 1.29 is 29.0 Å². The molecular weight excluding hydrogens is 518 g/mol. The summed E-state index contributed by atoms with van der Waals surface area (Å²) in [5, 5.41) is 10.0. The number of Topliss-reactive ketones (excluding diaryl/α,β-unsaturated/α-hetero) is 2. The van der Waals surface area contributed by atoms with Gasteiger partial charge in [0.1, 0.15) is 6.61 Å². The highest BCUT2D eigenvalue weighted by Crippen LogP contribution is 2.50. The summed E-state index contributed by atoms with van der Waals surface area (Å²) < 4.78 is 12.1. The first-order valence-electron chi connectivity index (χ1n) is 13.5. The van der Waals surface area contributed by atoms with E-state index >= 15 is 0 Å². The van der Waals surface area contributed by atoms with Gasteiger partial charge in [-0.2, -0.15) is 0 Å². The van der Waals surface area contributed by atoms with Crippen LogP contribution in [0.3, 0.4) is 0 Å². The second-order valence-corrected chi connectivity index (χ2v) is 10.5. The van der Waals surface area contributed by atoms with Crippen molar-refractivity contribution in [2.75, 3.05) is 13.2 Å². The molecule has 0 radical (unpaired) electrons. The van der Waals surface area contributed by atoms with Gasteiger partial charge in [0.05, 0.1) is 13.0 Å². The number of hydrogen-bond acceptors (Lipinski definition) is 6. The number of carboxylic acids is 1. The molecule has 0 saturated carbocycles. The van der Waals surface area contributed by atoms with Gasteiger partial charge >= 0.3 is 5.97 Å². The summed E-state index contributed by atoms with van der Waals surface area (Å²) in [6, 6.07) is 13.1. The zero-order valence-electron chi connectivity index (χ0n) is 22.0. The van der Waals surface area contributed by atoms with Crippen LogP contribution in [0.2, 0.25) is 5.02 Å². The number of rotatable bonds is 9. The normalized spacial score (nSPS) is 17.7. The molecule has 1 N–H and O–H groups in total. The molecule has 39 heavy (non-hydrogen) atoms. The van der Waals surface area contributed by atoms with E-state index in [0.717, 1.165) is 22.5 Å². The summed E-state index contributed by atoms with van der Waals surface area (Å²) in [4.78, 5) is 40.3. The molecule has 0 saturated heterocycles. The van der Waals surface area contributed by atoms with Crippen molar-refractivity contribution in [2.24, 2.45) is 0 Å². The Morgan fingerprint density at radius 3 is 2.15 bits per heavy atom. The van der Waals surface area contributed by atoms with Gasteiger partial charge in [-0.15, -0.1) is 0 Å². The Morgan fingerprint density at radius 1 is 0.923 bits per heavy atom. The molecule has 0 fully saturated rings. The van der Waals surface area contributed by atoms with Crippen LogP contribution in [0.25, 0.3) is 0 Å². The van der Waals surface area contributed by atoms with Gasteiger partial charge in [0, 0.05) is 52.9 Å². The third kappa shape index (κ3) is 5.59. The van der Waals surface area contributed by atoms with Crippen LogP contribution in [0.4, 0.5) is 0 Å². The number of ether oxygens (including phenoxy) is 2. The third-order valence-electron chi connectivity index (χ3n) is 7.54. The van der Waals surface area contributed by atoms with Crippen molar-refractivity contribution in [1.82, 2.24) is 4.90 Å². The number of halogens is 1. The highest BCUT2D eigenvalue weighted by molar-refractivity contribution is 6.30. The number of ketones is 2. The topological polar surface area (TPSA) is 93.1 Å². The zero-order chi connectivity index (χ0) is 27.5. The maximum Gasteiger partial charge on any atom is 0.305 e. The molecule has 5 rings (SSSR count). The lowest BCUT2D eigenvalue weighted by atomic mass is 9.71. The van der Waals surface area contributed by atoms with E-state index in [1.54, 1.807) is 0 Å². The van der Waals surface area contributed by atoms with Crippen molar-refractivity contribution in [1.29, 1.82) is 0 Å². The van der Waals surface area contributed by atoms with E-state index in [-0.39, 0.29) is 24.5 Å². The van der Waals surface area contributed by atoms with Gasteiger partial charge < -0.3 is 19.5 Å². The summed E-state index contributed by atoms with van der Waals surface area (Å²) in [7, 11) is 0. The Hall–Kier alpha value is -3.58. The van der Waals surface area contributed by atoms with E-state index in [9.17, 15) is 19.5 Å². The molecular formula is C31H32ClNO6. The number of nitrogens with zero attached hydrogens (tertiary/aromatic N) is 1. The van der Waals surface area contributed by atoms with Crippen LogP contribution in [-0.4, -0.2) is 40.7 Å². The molecule has 0 amide bonds. The summed E-state index contributed by atoms with van der Waals surface area (Å²) in [5.74, 6) is -0.238. The van der Waals surface area contributed by atoms with E-state index in [4.69, 9.17) is 21.1 Å². The highest BCUT2D eigenvalue weighted by atomic mass is 35.5. The van der Waals surface area contributed by atoms with Crippen molar-refractivity contribution in [3.05, 3.63) is 81.2 Å². The molecule has 8 heteroatoms. The van der Waals surface area contributed by atoms with Crippen LogP contribution >= 0.6 is 11.6 Å². The first-order valence-corrected chi connectivity index (χ1v) is 13.9. The van der Waals surface area contributed by atoms with Crippen LogP contribution in [0.15, 0.2) is 65.0 Å². The maximum atomic E-state index is 13.4. The average Bonchev–Trinajstić information content (AvgIpc) is 2.92. The SMILES string of the molecule is CCOc1cc(C2C3=C(CCCC3=O)N(CCC(=O)O)C3=C2C(=O)CCC3)ccc1OCc1ccc(Cl)cc1. The van der Waals surface area contributed by atoms with E-state index in [2.05, 4.69) is 0 Å². The highest BCUT2D eigenvalue weighted by Gasteiger charge is 2.43. The number of carbonyl (C=O) groups is 3. The van der Waals surface area contributed by atoms with Crippen LogP contribution in [0.1, 0.15) is 68.9 Å². The fourth-order valence-electron chi connectivity index (χ4n) is 5.86. The minimum Gasteiger partial charge on any atom is -0.490 e. The predicted octanol–water partition coefficient (Wildman–Crippen LogP) is 6.21.